The van der Waals surface area contributed by atoms with E-state index in [4.69, 9.17) is 0 Å². The fourth-order valence-corrected chi connectivity index (χ4v) is 2.42. The first-order chi connectivity index (χ1) is 8.81. The van der Waals surface area contributed by atoms with Gasteiger partial charge in [-0.1, -0.05) is 32.0 Å². The van der Waals surface area contributed by atoms with Gasteiger partial charge >= 0.3 is 0 Å². The predicted octanol–water partition coefficient (Wildman–Crippen LogP) is 3.20. The molecule has 0 saturated carbocycles. The van der Waals surface area contributed by atoms with Crippen molar-refractivity contribution in [2.75, 3.05) is 49.6 Å². The maximum absolute atomic E-state index is 2.49. The summed E-state index contributed by atoms with van der Waals surface area (Å²) >= 11 is 1.92. The summed E-state index contributed by atoms with van der Waals surface area (Å²) in [4.78, 5) is 4.98. The van der Waals surface area contributed by atoms with Gasteiger partial charge in [0.25, 0.3) is 0 Å². The number of likely N-dealkylation sites (N-methyl/N-ethyl adjacent to an activating group) is 1. The summed E-state index contributed by atoms with van der Waals surface area (Å²) < 4.78 is 0. The summed E-state index contributed by atoms with van der Waals surface area (Å²) in [6.45, 7) is 10.1. The Labute approximate surface area is 116 Å². The van der Waals surface area contributed by atoms with E-state index < -0.39 is 0 Å². The molecule has 0 amide bonds. The van der Waals surface area contributed by atoms with Crippen LogP contribution >= 0.6 is 11.8 Å². The van der Waals surface area contributed by atoms with E-state index in [0.717, 1.165) is 32.7 Å². The number of hydrogen-bond acceptors (Lipinski definition) is 3. The summed E-state index contributed by atoms with van der Waals surface area (Å²) in [6, 6.07) is 10.8. The number of anilines is 1. The van der Waals surface area contributed by atoms with E-state index in [1.807, 2.05) is 11.8 Å². The van der Waals surface area contributed by atoms with Crippen molar-refractivity contribution in [1.82, 2.24) is 4.90 Å². The minimum absolute atomic E-state index is 1.12. The van der Waals surface area contributed by atoms with Gasteiger partial charge in [-0.25, -0.2) is 0 Å². The number of benzene rings is 1. The molecule has 1 aromatic rings. The van der Waals surface area contributed by atoms with Crippen molar-refractivity contribution >= 4 is 17.4 Å². The van der Waals surface area contributed by atoms with Gasteiger partial charge in [-0.3, -0.25) is 0 Å². The second-order valence-electron chi connectivity index (χ2n) is 4.34. The molecule has 0 atom stereocenters. The van der Waals surface area contributed by atoms with Crippen molar-refractivity contribution in [1.29, 1.82) is 0 Å². The molecule has 102 valence electrons. The van der Waals surface area contributed by atoms with Crippen molar-refractivity contribution in [3.63, 3.8) is 0 Å². The monoisotopic (exact) mass is 266 g/mol. The Balaban J connectivity index is 2.56. The van der Waals surface area contributed by atoms with Crippen molar-refractivity contribution in [2.45, 2.75) is 13.8 Å². The lowest BCUT2D eigenvalue weighted by Crippen LogP contribution is -2.36. The highest BCUT2D eigenvalue weighted by atomic mass is 32.2. The first-order valence-electron chi connectivity index (χ1n) is 6.83. The maximum Gasteiger partial charge on any atom is 0.0366 e. The molecule has 0 saturated heterocycles. The summed E-state index contributed by atoms with van der Waals surface area (Å²) in [6.07, 6.45) is 2.17. The molecular formula is C15H26N2S. The number of para-hydroxylation sites is 1. The zero-order chi connectivity index (χ0) is 13.2. The molecule has 18 heavy (non-hydrogen) atoms. The lowest BCUT2D eigenvalue weighted by atomic mass is 10.3. The van der Waals surface area contributed by atoms with Gasteiger partial charge in [0.2, 0.25) is 0 Å². The Morgan fingerprint density at radius 1 is 0.944 bits per heavy atom. The molecule has 0 aliphatic heterocycles. The molecular weight excluding hydrogens is 240 g/mol. The molecule has 0 N–H and O–H groups in total. The van der Waals surface area contributed by atoms with Crippen molar-refractivity contribution in [3.05, 3.63) is 30.3 Å². The van der Waals surface area contributed by atoms with Crippen molar-refractivity contribution < 1.29 is 0 Å². The van der Waals surface area contributed by atoms with Crippen LogP contribution in [0.3, 0.4) is 0 Å². The predicted molar refractivity (Wildman–Crippen MR) is 84.8 cm³/mol. The number of nitrogens with zero attached hydrogens (tertiary/aromatic N) is 2. The van der Waals surface area contributed by atoms with E-state index in [9.17, 15) is 0 Å². The van der Waals surface area contributed by atoms with E-state index in [-0.39, 0.29) is 0 Å². The van der Waals surface area contributed by atoms with E-state index in [0.29, 0.717) is 0 Å². The van der Waals surface area contributed by atoms with Crippen LogP contribution in [0.5, 0.6) is 0 Å². The fourth-order valence-electron chi connectivity index (χ4n) is 2.01. The molecule has 0 spiro atoms. The first kappa shape index (κ1) is 15.4. The average Bonchev–Trinajstić information content (AvgIpc) is 2.44. The molecule has 0 aliphatic rings. The molecule has 0 fully saturated rings. The third-order valence-corrected chi connectivity index (χ3v) is 3.86. The molecule has 0 bridgehead atoms. The van der Waals surface area contributed by atoms with Crippen LogP contribution in [0.1, 0.15) is 13.8 Å². The topological polar surface area (TPSA) is 6.48 Å². The van der Waals surface area contributed by atoms with E-state index in [1.54, 1.807) is 0 Å². The zero-order valence-corrected chi connectivity index (χ0v) is 12.7. The van der Waals surface area contributed by atoms with E-state index >= 15 is 0 Å². The van der Waals surface area contributed by atoms with Crippen LogP contribution < -0.4 is 4.90 Å². The van der Waals surface area contributed by atoms with Crippen LogP contribution in [0.15, 0.2) is 30.3 Å². The van der Waals surface area contributed by atoms with Crippen LogP contribution in [0.4, 0.5) is 5.69 Å². The molecule has 0 aromatic heterocycles. The highest BCUT2D eigenvalue weighted by Crippen LogP contribution is 2.13. The summed E-state index contributed by atoms with van der Waals surface area (Å²) in [7, 11) is 0. The molecule has 3 heteroatoms. The highest BCUT2D eigenvalue weighted by molar-refractivity contribution is 7.98. The zero-order valence-electron chi connectivity index (χ0n) is 11.9. The van der Waals surface area contributed by atoms with Gasteiger partial charge < -0.3 is 9.80 Å². The normalized spacial score (nSPS) is 10.9. The molecule has 0 radical (unpaired) electrons. The van der Waals surface area contributed by atoms with Crippen LogP contribution in [-0.2, 0) is 0 Å². The van der Waals surface area contributed by atoms with Crippen molar-refractivity contribution in [3.8, 4) is 0 Å². The molecule has 2 nitrogen and oxygen atoms in total. The van der Waals surface area contributed by atoms with E-state index in [1.165, 1.54) is 11.4 Å². The summed E-state index contributed by atoms with van der Waals surface area (Å²) in [5.74, 6) is 1.19. The Bertz CT molecular complexity index is 299. The van der Waals surface area contributed by atoms with Gasteiger partial charge in [0.1, 0.15) is 0 Å². The minimum Gasteiger partial charge on any atom is -0.369 e. The Kier molecular flexibility index (Phi) is 7.94. The smallest absolute Gasteiger partial charge is 0.0366 e. The Morgan fingerprint density at radius 2 is 1.61 bits per heavy atom. The van der Waals surface area contributed by atoms with Gasteiger partial charge in [0, 0.05) is 31.1 Å². The SMILES string of the molecule is CCN(CC)CCN(CCSC)c1ccccc1. The van der Waals surface area contributed by atoms with E-state index in [2.05, 4.69) is 60.2 Å². The summed E-state index contributed by atoms with van der Waals surface area (Å²) in [5, 5.41) is 0. The number of rotatable bonds is 9. The van der Waals surface area contributed by atoms with Crippen molar-refractivity contribution in [2.24, 2.45) is 0 Å². The van der Waals surface area contributed by atoms with Gasteiger partial charge in [-0.15, -0.1) is 0 Å². The molecule has 0 heterocycles. The van der Waals surface area contributed by atoms with Gasteiger partial charge in [0.15, 0.2) is 0 Å². The molecule has 0 aliphatic carbocycles. The fraction of sp³-hybridized carbons (Fsp3) is 0.600. The lowest BCUT2D eigenvalue weighted by Gasteiger charge is -2.28. The van der Waals surface area contributed by atoms with Gasteiger partial charge in [-0.2, -0.15) is 11.8 Å². The van der Waals surface area contributed by atoms with Gasteiger partial charge in [-0.05, 0) is 31.5 Å². The van der Waals surface area contributed by atoms with Crippen LogP contribution in [0.25, 0.3) is 0 Å². The molecule has 0 unspecified atom stereocenters. The third kappa shape index (κ3) is 5.32. The quantitative estimate of drug-likeness (QED) is 0.678. The Morgan fingerprint density at radius 3 is 2.17 bits per heavy atom. The van der Waals surface area contributed by atoms with Crippen LogP contribution in [-0.4, -0.2) is 49.6 Å². The maximum atomic E-state index is 2.49. The molecule has 1 aromatic carbocycles. The number of hydrogen-bond donors (Lipinski definition) is 0. The van der Waals surface area contributed by atoms with Gasteiger partial charge in [0.05, 0.1) is 0 Å². The second-order valence-corrected chi connectivity index (χ2v) is 5.33. The van der Waals surface area contributed by atoms with Crippen LogP contribution in [0.2, 0.25) is 0 Å². The highest BCUT2D eigenvalue weighted by Gasteiger charge is 2.07. The second kappa shape index (κ2) is 9.29. The third-order valence-electron chi connectivity index (χ3n) is 3.27. The summed E-state index contributed by atoms with van der Waals surface area (Å²) in [5.41, 5.74) is 1.35. The van der Waals surface area contributed by atoms with Crippen LogP contribution in [0, 0.1) is 0 Å². The molecule has 1 rings (SSSR count). The first-order valence-corrected chi connectivity index (χ1v) is 8.22. The standard InChI is InChI=1S/C15H26N2S/c1-4-16(5-2)11-12-17(13-14-18-3)15-9-7-6-8-10-15/h6-10H,4-5,11-14H2,1-3H3. The Hall–Kier alpha value is -0.670. The minimum atomic E-state index is 1.12. The largest absolute Gasteiger partial charge is 0.369 e. The lowest BCUT2D eigenvalue weighted by molar-refractivity contribution is 0.310. The number of thioether (sulfide) groups is 1. The average molecular weight is 266 g/mol.